The minimum atomic E-state index is 0.805. The maximum absolute atomic E-state index is 5.60. The largest absolute Gasteiger partial charge is 0.399 e. The Morgan fingerprint density at radius 3 is 1.71 bits per heavy atom. The van der Waals surface area contributed by atoms with Crippen molar-refractivity contribution in [3.8, 4) is 11.1 Å². The molecule has 2 heteroatoms. The van der Waals surface area contributed by atoms with E-state index in [2.05, 4.69) is 12.1 Å². The van der Waals surface area contributed by atoms with Gasteiger partial charge in [-0.3, -0.25) is 0 Å². The van der Waals surface area contributed by atoms with Crippen molar-refractivity contribution >= 4 is 11.4 Å². The molecule has 0 radical (unpaired) electrons. The Labute approximate surface area is 126 Å². The summed E-state index contributed by atoms with van der Waals surface area (Å²) in [6.45, 7) is 2.02. The van der Waals surface area contributed by atoms with E-state index in [1.54, 1.807) is 0 Å². The van der Waals surface area contributed by atoms with Gasteiger partial charge in [-0.15, -0.1) is 0 Å². The van der Waals surface area contributed by atoms with Crippen LogP contribution in [0.3, 0.4) is 0 Å². The third kappa shape index (κ3) is 4.69. The highest BCUT2D eigenvalue weighted by atomic mass is 14.5. The lowest BCUT2D eigenvalue weighted by Crippen LogP contribution is -1.83. The number of hydrogen-bond acceptors (Lipinski definition) is 2. The fraction of sp³-hybridized carbons (Fsp3) is 0.0526. The van der Waals surface area contributed by atoms with Crippen LogP contribution in [-0.2, 0) is 0 Å². The maximum atomic E-state index is 5.60. The van der Waals surface area contributed by atoms with Crippen molar-refractivity contribution in [1.82, 2.24) is 0 Å². The number of nitrogen functional groups attached to an aromatic ring is 2. The van der Waals surface area contributed by atoms with E-state index >= 15 is 0 Å². The zero-order valence-electron chi connectivity index (χ0n) is 12.2. The van der Waals surface area contributed by atoms with Crippen LogP contribution < -0.4 is 11.5 Å². The zero-order valence-corrected chi connectivity index (χ0v) is 12.2. The SMILES string of the molecule is Cc1cccc(N)c1.Nc1ccc(-c2ccccc2)cc1. The van der Waals surface area contributed by atoms with Gasteiger partial charge in [0.25, 0.3) is 0 Å². The molecule has 3 rings (SSSR count). The Morgan fingerprint density at radius 2 is 1.19 bits per heavy atom. The normalized spacial score (nSPS) is 9.57. The Kier molecular flexibility index (Phi) is 4.99. The molecule has 4 N–H and O–H groups in total. The second kappa shape index (κ2) is 7.15. The van der Waals surface area contributed by atoms with E-state index in [0.717, 1.165) is 11.4 Å². The van der Waals surface area contributed by atoms with Gasteiger partial charge < -0.3 is 11.5 Å². The molecule has 21 heavy (non-hydrogen) atoms. The van der Waals surface area contributed by atoms with E-state index in [1.165, 1.54) is 16.7 Å². The average molecular weight is 276 g/mol. The van der Waals surface area contributed by atoms with Crippen molar-refractivity contribution in [2.24, 2.45) is 0 Å². The van der Waals surface area contributed by atoms with Crippen LogP contribution in [0.1, 0.15) is 5.56 Å². The first-order valence-electron chi connectivity index (χ1n) is 6.88. The topological polar surface area (TPSA) is 52.0 Å². The summed E-state index contributed by atoms with van der Waals surface area (Å²) in [7, 11) is 0. The molecule has 0 aliphatic rings. The molecule has 106 valence electrons. The van der Waals surface area contributed by atoms with Gasteiger partial charge in [-0.1, -0.05) is 54.6 Å². The molecule has 0 saturated carbocycles. The monoisotopic (exact) mass is 276 g/mol. The molecule has 0 aromatic heterocycles. The van der Waals surface area contributed by atoms with Crippen molar-refractivity contribution in [3.05, 3.63) is 84.4 Å². The van der Waals surface area contributed by atoms with Gasteiger partial charge in [0.05, 0.1) is 0 Å². The Morgan fingerprint density at radius 1 is 0.571 bits per heavy atom. The molecular weight excluding hydrogens is 256 g/mol. The summed E-state index contributed by atoms with van der Waals surface area (Å²) in [4.78, 5) is 0. The number of aryl methyl sites for hydroxylation is 1. The molecule has 3 aromatic rings. The Balaban J connectivity index is 0.000000173. The lowest BCUT2D eigenvalue weighted by molar-refractivity contribution is 1.47. The van der Waals surface area contributed by atoms with Gasteiger partial charge in [0.15, 0.2) is 0 Å². The predicted octanol–water partition coefficient (Wildman–Crippen LogP) is 4.51. The molecule has 0 atom stereocenters. The highest BCUT2D eigenvalue weighted by molar-refractivity contribution is 5.65. The molecule has 0 aliphatic heterocycles. The summed E-state index contributed by atoms with van der Waals surface area (Å²) in [6.07, 6.45) is 0. The van der Waals surface area contributed by atoms with Crippen LogP contribution >= 0.6 is 0 Å². The quantitative estimate of drug-likeness (QED) is 0.642. The molecule has 0 bridgehead atoms. The molecular formula is C19H20N2. The van der Waals surface area contributed by atoms with Gasteiger partial charge in [-0.2, -0.15) is 0 Å². The van der Waals surface area contributed by atoms with E-state index in [0.29, 0.717) is 0 Å². The van der Waals surface area contributed by atoms with Crippen molar-refractivity contribution in [2.75, 3.05) is 11.5 Å². The first kappa shape index (κ1) is 14.7. The molecule has 0 heterocycles. The van der Waals surface area contributed by atoms with Crippen LogP contribution in [-0.4, -0.2) is 0 Å². The minimum absolute atomic E-state index is 0.805. The zero-order chi connectivity index (χ0) is 15.1. The minimum Gasteiger partial charge on any atom is -0.399 e. The molecule has 3 aromatic carbocycles. The maximum Gasteiger partial charge on any atom is 0.0316 e. The standard InChI is InChI=1S/C12H11N.C7H9N/c13-12-8-6-11(7-9-12)10-4-2-1-3-5-10;1-6-3-2-4-7(8)5-6/h1-9H,13H2;2-5H,8H2,1H3. The van der Waals surface area contributed by atoms with Gasteiger partial charge in [0.1, 0.15) is 0 Å². The third-order valence-electron chi connectivity index (χ3n) is 3.06. The van der Waals surface area contributed by atoms with Gasteiger partial charge in [-0.05, 0) is 47.9 Å². The summed E-state index contributed by atoms with van der Waals surface area (Å²) in [6, 6.07) is 26.0. The van der Waals surface area contributed by atoms with E-state index in [4.69, 9.17) is 11.5 Å². The van der Waals surface area contributed by atoms with E-state index in [-0.39, 0.29) is 0 Å². The highest BCUT2D eigenvalue weighted by Gasteiger charge is 1.94. The number of anilines is 2. The fourth-order valence-corrected chi connectivity index (χ4v) is 1.98. The smallest absolute Gasteiger partial charge is 0.0316 e. The molecule has 0 saturated heterocycles. The van der Waals surface area contributed by atoms with Crippen LogP contribution in [0.2, 0.25) is 0 Å². The second-order valence-corrected chi connectivity index (χ2v) is 4.90. The molecule has 0 unspecified atom stereocenters. The number of nitrogens with two attached hydrogens (primary N) is 2. The number of benzene rings is 3. The Hall–Kier alpha value is -2.74. The molecule has 0 amide bonds. The summed E-state index contributed by atoms with van der Waals surface area (Å²) >= 11 is 0. The van der Waals surface area contributed by atoms with Crippen molar-refractivity contribution in [1.29, 1.82) is 0 Å². The summed E-state index contributed by atoms with van der Waals surface area (Å²) in [5.41, 5.74) is 16.3. The summed E-state index contributed by atoms with van der Waals surface area (Å²) in [5, 5.41) is 0. The lowest BCUT2D eigenvalue weighted by Gasteiger charge is -2.00. The van der Waals surface area contributed by atoms with E-state index < -0.39 is 0 Å². The van der Waals surface area contributed by atoms with Crippen LogP contribution in [0.25, 0.3) is 11.1 Å². The van der Waals surface area contributed by atoms with E-state index in [9.17, 15) is 0 Å². The van der Waals surface area contributed by atoms with Crippen molar-refractivity contribution < 1.29 is 0 Å². The fourth-order valence-electron chi connectivity index (χ4n) is 1.98. The average Bonchev–Trinajstić information content (AvgIpc) is 2.49. The first-order valence-corrected chi connectivity index (χ1v) is 6.88. The first-order chi connectivity index (χ1) is 10.1. The third-order valence-corrected chi connectivity index (χ3v) is 3.06. The second-order valence-electron chi connectivity index (χ2n) is 4.90. The number of hydrogen-bond donors (Lipinski definition) is 2. The van der Waals surface area contributed by atoms with Crippen LogP contribution in [0.4, 0.5) is 11.4 Å². The molecule has 0 fully saturated rings. The highest BCUT2D eigenvalue weighted by Crippen LogP contribution is 2.19. The summed E-state index contributed by atoms with van der Waals surface area (Å²) < 4.78 is 0. The van der Waals surface area contributed by atoms with E-state index in [1.807, 2.05) is 73.7 Å². The predicted molar refractivity (Wildman–Crippen MR) is 91.9 cm³/mol. The van der Waals surface area contributed by atoms with Crippen molar-refractivity contribution in [2.45, 2.75) is 6.92 Å². The molecule has 0 spiro atoms. The Bertz CT molecular complexity index is 656. The van der Waals surface area contributed by atoms with Crippen LogP contribution in [0, 0.1) is 6.92 Å². The lowest BCUT2D eigenvalue weighted by atomic mass is 10.1. The van der Waals surface area contributed by atoms with Gasteiger partial charge in [-0.25, -0.2) is 0 Å². The van der Waals surface area contributed by atoms with Gasteiger partial charge in [0, 0.05) is 11.4 Å². The summed E-state index contributed by atoms with van der Waals surface area (Å²) in [5.74, 6) is 0. The molecule has 2 nitrogen and oxygen atoms in total. The van der Waals surface area contributed by atoms with Gasteiger partial charge in [0.2, 0.25) is 0 Å². The van der Waals surface area contributed by atoms with Crippen molar-refractivity contribution in [3.63, 3.8) is 0 Å². The number of rotatable bonds is 1. The van der Waals surface area contributed by atoms with Crippen LogP contribution in [0.5, 0.6) is 0 Å². The van der Waals surface area contributed by atoms with Gasteiger partial charge >= 0.3 is 0 Å². The molecule has 0 aliphatic carbocycles. The van der Waals surface area contributed by atoms with Crippen LogP contribution in [0.15, 0.2) is 78.9 Å².